The number of nitrogens with one attached hydrogen (secondary N) is 1. The third kappa shape index (κ3) is 3.86. The summed E-state index contributed by atoms with van der Waals surface area (Å²) >= 11 is 6.23. The zero-order valence-electron chi connectivity index (χ0n) is 16.1. The Kier molecular flexibility index (Phi) is 5.42. The van der Waals surface area contributed by atoms with Crippen molar-refractivity contribution in [3.05, 3.63) is 94.3 Å². The van der Waals surface area contributed by atoms with Crippen molar-refractivity contribution in [2.45, 2.75) is 6.04 Å². The smallest absolute Gasteiger partial charge is 0.255 e. The molecule has 0 spiro atoms. The second kappa shape index (κ2) is 8.16. The lowest BCUT2D eigenvalue weighted by molar-refractivity contribution is -0.117. The molecule has 152 valence electrons. The van der Waals surface area contributed by atoms with Gasteiger partial charge < -0.3 is 15.0 Å². The molecule has 1 aliphatic heterocycles. The predicted octanol–water partition coefficient (Wildman–Crippen LogP) is 4.67. The summed E-state index contributed by atoms with van der Waals surface area (Å²) in [7, 11) is 1.54. The Labute approximate surface area is 178 Å². The Hall–Kier alpha value is -3.38. The molecule has 1 heterocycles. The van der Waals surface area contributed by atoms with Crippen LogP contribution in [-0.4, -0.2) is 30.4 Å². The fraction of sp³-hybridized carbons (Fsp3) is 0.130. The molecule has 4 rings (SSSR count). The molecule has 0 unspecified atom stereocenters. The second-order valence-electron chi connectivity index (χ2n) is 6.90. The molecule has 1 atom stereocenters. The second-order valence-corrected chi connectivity index (χ2v) is 7.33. The van der Waals surface area contributed by atoms with Gasteiger partial charge in [-0.15, -0.1) is 0 Å². The van der Waals surface area contributed by atoms with Gasteiger partial charge in [0, 0.05) is 21.8 Å². The Morgan fingerprint density at radius 2 is 1.80 bits per heavy atom. The monoisotopic (exact) mass is 424 g/mol. The Bertz CT molecular complexity index is 1100. The summed E-state index contributed by atoms with van der Waals surface area (Å²) in [6, 6.07) is 17.0. The zero-order valence-corrected chi connectivity index (χ0v) is 16.8. The Morgan fingerprint density at radius 1 is 1.10 bits per heavy atom. The normalized spacial score (nSPS) is 15.8. The molecule has 30 heavy (non-hydrogen) atoms. The van der Waals surface area contributed by atoms with E-state index in [-0.39, 0.29) is 24.2 Å². The van der Waals surface area contributed by atoms with Gasteiger partial charge in [0.25, 0.3) is 5.91 Å². The number of rotatable bonds is 3. The van der Waals surface area contributed by atoms with Crippen molar-refractivity contribution in [3.63, 3.8) is 0 Å². The molecule has 3 aromatic carbocycles. The van der Waals surface area contributed by atoms with E-state index < -0.39 is 6.04 Å². The molecule has 0 aromatic heterocycles. The topological polar surface area (TPSA) is 58.6 Å². The number of halogens is 2. The van der Waals surface area contributed by atoms with Gasteiger partial charge in [0.15, 0.2) is 0 Å². The number of fused-ring (bicyclic) bond motifs is 1. The van der Waals surface area contributed by atoms with Gasteiger partial charge in [0.1, 0.15) is 18.1 Å². The van der Waals surface area contributed by atoms with Crippen LogP contribution in [0.4, 0.5) is 10.1 Å². The fourth-order valence-electron chi connectivity index (χ4n) is 3.57. The lowest BCUT2D eigenvalue weighted by atomic mass is 9.95. The van der Waals surface area contributed by atoms with E-state index >= 15 is 0 Å². The lowest BCUT2D eigenvalue weighted by Gasteiger charge is -2.30. The number of amides is 2. The summed E-state index contributed by atoms with van der Waals surface area (Å²) in [6.07, 6.45) is 0. The van der Waals surface area contributed by atoms with Crippen LogP contribution in [0.3, 0.4) is 0 Å². The highest BCUT2D eigenvalue weighted by molar-refractivity contribution is 6.30. The van der Waals surface area contributed by atoms with Crippen molar-refractivity contribution in [3.8, 4) is 5.75 Å². The summed E-state index contributed by atoms with van der Waals surface area (Å²) in [5.74, 6) is -0.437. The first-order valence-electron chi connectivity index (χ1n) is 9.26. The predicted molar refractivity (Wildman–Crippen MR) is 112 cm³/mol. The molecule has 3 aromatic rings. The van der Waals surface area contributed by atoms with E-state index in [1.165, 1.54) is 17.0 Å². The highest BCUT2D eigenvalue weighted by atomic mass is 35.5. The third-order valence-electron chi connectivity index (χ3n) is 4.99. The standard InChI is InChI=1S/C23H18ClFN2O3/c1-30-18-9-4-15(5-10-18)23(29)27-13-21(28)26-20-11-6-16(24)12-19(20)22(27)14-2-7-17(25)8-3-14/h2-12,22H,13H2,1H3,(H,26,28)/t22-/m0/s1. The van der Waals surface area contributed by atoms with Gasteiger partial charge in [0.05, 0.1) is 13.2 Å². The highest BCUT2D eigenvalue weighted by Gasteiger charge is 2.34. The Morgan fingerprint density at radius 3 is 2.47 bits per heavy atom. The molecular formula is C23H18ClFN2O3. The number of carbonyl (C=O) groups is 2. The summed E-state index contributed by atoms with van der Waals surface area (Å²) in [4.78, 5) is 27.5. The van der Waals surface area contributed by atoms with Crippen molar-refractivity contribution in [1.29, 1.82) is 0 Å². The minimum Gasteiger partial charge on any atom is -0.497 e. The molecule has 0 saturated heterocycles. The van der Waals surface area contributed by atoms with Gasteiger partial charge in [-0.05, 0) is 60.2 Å². The van der Waals surface area contributed by atoms with E-state index in [1.807, 2.05) is 0 Å². The van der Waals surface area contributed by atoms with Crippen LogP contribution in [-0.2, 0) is 4.79 Å². The summed E-state index contributed by atoms with van der Waals surface area (Å²) < 4.78 is 18.7. The molecule has 2 amide bonds. The van der Waals surface area contributed by atoms with Crippen LogP contribution in [0.15, 0.2) is 66.7 Å². The first-order valence-corrected chi connectivity index (χ1v) is 9.64. The summed E-state index contributed by atoms with van der Waals surface area (Å²) in [5, 5.41) is 3.30. The Balaban J connectivity index is 1.85. The molecule has 0 saturated carbocycles. The van der Waals surface area contributed by atoms with Gasteiger partial charge >= 0.3 is 0 Å². The molecule has 0 bridgehead atoms. The maximum Gasteiger partial charge on any atom is 0.255 e. The minimum atomic E-state index is -0.632. The first kappa shape index (κ1) is 19.9. The van der Waals surface area contributed by atoms with Crippen LogP contribution in [0, 0.1) is 5.82 Å². The SMILES string of the molecule is COc1ccc(C(=O)N2CC(=O)Nc3ccc(Cl)cc3[C@@H]2c2ccc(F)cc2)cc1. The maximum atomic E-state index is 13.6. The van der Waals surface area contributed by atoms with E-state index in [0.29, 0.717) is 33.1 Å². The lowest BCUT2D eigenvalue weighted by Crippen LogP contribution is -2.39. The van der Waals surface area contributed by atoms with Crippen LogP contribution < -0.4 is 10.1 Å². The van der Waals surface area contributed by atoms with Gasteiger partial charge in [-0.1, -0.05) is 23.7 Å². The zero-order chi connectivity index (χ0) is 21.3. The van der Waals surface area contributed by atoms with Crippen molar-refractivity contribution in [2.75, 3.05) is 19.0 Å². The van der Waals surface area contributed by atoms with E-state index in [9.17, 15) is 14.0 Å². The number of hydrogen-bond donors (Lipinski definition) is 1. The molecule has 0 aliphatic carbocycles. The molecule has 1 aliphatic rings. The summed E-state index contributed by atoms with van der Waals surface area (Å²) in [5.41, 5.74) is 2.28. The van der Waals surface area contributed by atoms with Crippen LogP contribution >= 0.6 is 11.6 Å². The number of hydrogen-bond acceptors (Lipinski definition) is 3. The van der Waals surface area contributed by atoms with Crippen molar-refractivity contribution < 1.29 is 18.7 Å². The third-order valence-corrected chi connectivity index (χ3v) is 5.23. The van der Waals surface area contributed by atoms with E-state index in [2.05, 4.69) is 5.32 Å². The van der Waals surface area contributed by atoms with Gasteiger partial charge in [-0.2, -0.15) is 0 Å². The fourth-order valence-corrected chi connectivity index (χ4v) is 3.75. The molecule has 1 N–H and O–H groups in total. The number of nitrogens with zero attached hydrogens (tertiary/aromatic N) is 1. The first-order chi connectivity index (χ1) is 14.5. The van der Waals surface area contributed by atoms with Crippen LogP contribution in [0.5, 0.6) is 5.75 Å². The largest absolute Gasteiger partial charge is 0.497 e. The maximum absolute atomic E-state index is 13.6. The average Bonchev–Trinajstić information content (AvgIpc) is 2.89. The number of anilines is 1. The molecule has 7 heteroatoms. The minimum absolute atomic E-state index is 0.167. The van der Waals surface area contributed by atoms with Crippen molar-refractivity contribution in [2.24, 2.45) is 0 Å². The molecular weight excluding hydrogens is 407 g/mol. The van der Waals surface area contributed by atoms with Crippen LogP contribution in [0.25, 0.3) is 0 Å². The quantitative estimate of drug-likeness (QED) is 0.664. The molecule has 0 radical (unpaired) electrons. The van der Waals surface area contributed by atoms with E-state index in [1.54, 1.807) is 61.7 Å². The van der Waals surface area contributed by atoms with Crippen molar-refractivity contribution in [1.82, 2.24) is 4.90 Å². The number of ether oxygens (including phenoxy) is 1. The van der Waals surface area contributed by atoms with Crippen molar-refractivity contribution >= 4 is 29.1 Å². The van der Waals surface area contributed by atoms with E-state index in [0.717, 1.165) is 0 Å². The number of benzene rings is 3. The number of carbonyl (C=O) groups excluding carboxylic acids is 2. The average molecular weight is 425 g/mol. The number of methoxy groups -OCH3 is 1. The molecule has 5 nitrogen and oxygen atoms in total. The van der Waals surface area contributed by atoms with Crippen LogP contribution in [0.1, 0.15) is 27.5 Å². The van der Waals surface area contributed by atoms with Gasteiger partial charge in [-0.3, -0.25) is 9.59 Å². The van der Waals surface area contributed by atoms with Gasteiger partial charge in [-0.25, -0.2) is 4.39 Å². The van der Waals surface area contributed by atoms with E-state index in [4.69, 9.17) is 16.3 Å². The summed E-state index contributed by atoms with van der Waals surface area (Å²) in [6.45, 7) is -0.167. The van der Waals surface area contributed by atoms with Crippen LogP contribution in [0.2, 0.25) is 5.02 Å². The highest BCUT2D eigenvalue weighted by Crippen LogP contribution is 2.38. The van der Waals surface area contributed by atoms with Gasteiger partial charge in [0.2, 0.25) is 5.91 Å². The molecule has 0 fully saturated rings.